The lowest BCUT2D eigenvalue weighted by molar-refractivity contribution is -0.124. The number of ether oxygens (including phenoxy) is 1. The minimum Gasteiger partial charge on any atom is -0.482 e. The van der Waals surface area contributed by atoms with Crippen molar-refractivity contribution in [3.63, 3.8) is 0 Å². The van der Waals surface area contributed by atoms with E-state index in [1.54, 1.807) is 18.2 Å². The molecule has 3 amide bonds. The zero-order valence-electron chi connectivity index (χ0n) is 15.3. The highest BCUT2D eigenvalue weighted by Crippen LogP contribution is 2.31. The van der Waals surface area contributed by atoms with E-state index in [4.69, 9.17) is 4.74 Å². The van der Waals surface area contributed by atoms with Crippen LogP contribution in [0.5, 0.6) is 5.75 Å². The molecular weight excluding hydrogens is 426 g/mol. The number of para-hydroxylation sites is 2. The summed E-state index contributed by atoms with van der Waals surface area (Å²) in [6.07, 6.45) is 0.0880. The van der Waals surface area contributed by atoms with Crippen molar-refractivity contribution in [1.29, 1.82) is 0 Å². The molecular formula is C20H20BrN3O4. The molecule has 7 nitrogen and oxygen atoms in total. The van der Waals surface area contributed by atoms with E-state index in [-0.39, 0.29) is 43.8 Å². The predicted molar refractivity (Wildman–Crippen MR) is 109 cm³/mol. The van der Waals surface area contributed by atoms with Gasteiger partial charge in [-0.05, 0) is 42.8 Å². The number of fused-ring (bicyclic) bond motifs is 1. The van der Waals surface area contributed by atoms with Gasteiger partial charge < -0.3 is 20.3 Å². The lowest BCUT2D eigenvalue weighted by atomic mass is 10.2. The van der Waals surface area contributed by atoms with Crippen molar-refractivity contribution in [2.75, 3.05) is 29.9 Å². The molecule has 1 aliphatic heterocycles. The lowest BCUT2D eigenvalue weighted by Gasteiger charge is -2.29. The number of carbonyl (C=O) groups is 3. The molecule has 0 spiro atoms. The molecule has 0 saturated carbocycles. The average Bonchev–Trinajstić information content (AvgIpc) is 2.68. The molecule has 3 rings (SSSR count). The largest absolute Gasteiger partial charge is 0.482 e. The molecule has 2 aromatic carbocycles. The van der Waals surface area contributed by atoms with Crippen molar-refractivity contribution in [2.24, 2.45) is 0 Å². The van der Waals surface area contributed by atoms with E-state index >= 15 is 0 Å². The van der Waals surface area contributed by atoms with Crippen LogP contribution in [0, 0.1) is 6.92 Å². The Kier molecular flexibility index (Phi) is 6.30. The van der Waals surface area contributed by atoms with Gasteiger partial charge in [0.15, 0.2) is 6.61 Å². The molecule has 146 valence electrons. The number of carbonyl (C=O) groups excluding carboxylic acids is 3. The summed E-state index contributed by atoms with van der Waals surface area (Å²) < 4.78 is 6.30. The molecule has 0 fully saturated rings. The Labute approximate surface area is 171 Å². The molecule has 8 heteroatoms. The van der Waals surface area contributed by atoms with E-state index in [2.05, 4.69) is 26.6 Å². The van der Waals surface area contributed by atoms with Gasteiger partial charge in [0.1, 0.15) is 5.75 Å². The summed E-state index contributed by atoms with van der Waals surface area (Å²) in [5.41, 5.74) is 2.26. The molecule has 0 saturated heterocycles. The summed E-state index contributed by atoms with van der Waals surface area (Å²) in [7, 11) is 0. The second-order valence-electron chi connectivity index (χ2n) is 6.34. The highest BCUT2D eigenvalue weighted by atomic mass is 79.9. The number of nitrogens with zero attached hydrogens (tertiary/aromatic N) is 1. The summed E-state index contributed by atoms with van der Waals surface area (Å²) >= 11 is 3.37. The van der Waals surface area contributed by atoms with Crippen molar-refractivity contribution in [2.45, 2.75) is 13.3 Å². The summed E-state index contributed by atoms with van der Waals surface area (Å²) in [6, 6.07) is 12.7. The average molecular weight is 446 g/mol. The van der Waals surface area contributed by atoms with Crippen LogP contribution in [0.1, 0.15) is 12.0 Å². The first-order valence-corrected chi connectivity index (χ1v) is 9.58. The first-order chi connectivity index (χ1) is 13.4. The number of benzene rings is 2. The van der Waals surface area contributed by atoms with Crippen LogP contribution in [0.15, 0.2) is 46.9 Å². The van der Waals surface area contributed by atoms with Gasteiger partial charge in [-0.1, -0.05) is 28.1 Å². The molecule has 28 heavy (non-hydrogen) atoms. The van der Waals surface area contributed by atoms with Crippen molar-refractivity contribution in [3.8, 4) is 5.75 Å². The SMILES string of the molecule is Cc1cc(Br)ccc1NC(=O)CNC(=O)CCN1C(=O)COc2ccccc21. The maximum absolute atomic E-state index is 12.1. The topological polar surface area (TPSA) is 87.7 Å². The first kappa shape index (κ1) is 19.9. The van der Waals surface area contributed by atoms with E-state index < -0.39 is 0 Å². The molecule has 0 aromatic heterocycles. The summed E-state index contributed by atoms with van der Waals surface area (Å²) in [4.78, 5) is 37.8. The van der Waals surface area contributed by atoms with Crippen molar-refractivity contribution in [1.82, 2.24) is 5.32 Å². The van der Waals surface area contributed by atoms with Gasteiger partial charge in [0.05, 0.1) is 12.2 Å². The minimum absolute atomic E-state index is 0.0480. The van der Waals surface area contributed by atoms with Crippen LogP contribution in [0.2, 0.25) is 0 Å². The van der Waals surface area contributed by atoms with Crippen LogP contribution in [0.3, 0.4) is 0 Å². The highest BCUT2D eigenvalue weighted by Gasteiger charge is 2.25. The molecule has 0 aliphatic carbocycles. The van der Waals surface area contributed by atoms with Gasteiger partial charge in [-0.15, -0.1) is 0 Å². The number of hydrogen-bond donors (Lipinski definition) is 2. The second-order valence-corrected chi connectivity index (χ2v) is 7.25. The van der Waals surface area contributed by atoms with E-state index in [1.165, 1.54) is 4.90 Å². The van der Waals surface area contributed by atoms with Gasteiger partial charge in [-0.25, -0.2) is 0 Å². The van der Waals surface area contributed by atoms with Gasteiger partial charge in [-0.3, -0.25) is 14.4 Å². The van der Waals surface area contributed by atoms with Gasteiger partial charge in [-0.2, -0.15) is 0 Å². The molecule has 0 radical (unpaired) electrons. The van der Waals surface area contributed by atoms with Gasteiger partial charge in [0.2, 0.25) is 11.8 Å². The Morgan fingerprint density at radius 1 is 1.18 bits per heavy atom. The van der Waals surface area contributed by atoms with Gasteiger partial charge >= 0.3 is 0 Å². The maximum Gasteiger partial charge on any atom is 0.265 e. The maximum atomic E-state index is 12.1. The molecule has 0 atom stereocenters. The molecule has 0 bridgehead atoms. The lowest BCUT2D eigenvalue weighted by Crippen LogP contribution is -2.41. The Balaban J connectivity index is 1.48. The number of amides is 3. The fourth-order valence-corrected chi connectivity index (χ4v) is 3.32. The van der Waals surface area contributed by atoms with Crippen LogP contribution in [-0.4, -0.2) is 37.4 Å². The smallest absolute Gasteiger partial charge is 0.265 e. The molecule has 2 N–H and O–H groups in total. The Morgan fingerprint density at radius 3 is 2.75 bits per heavy atom. The van der Waals surface area contributed by atoms with Crippen LogP contribution in [0.4, 0.5) is 11.4 Å². The third-order valence-corrected chi connectivity index (χ3v) is 4.77. The summed E-state index contributed by atoms with van der Waals surface area (Å²) in [5, 5.41) is 5.35. The normalized spacial score (nSPS) is 12.8. The quantitative estimate of drug-likeness (QED) is 0.715. The Morgan fingerprint density at radius 2 is 1.96 bits per heavy atom. The Hall–Kier alpha value is -2.87. The van der Waals surface area contributed by atoms with Crippen molar-refractivity contribution < 1.29 is 19.1 Å². The predicted octanol–water partition coefficient (Wildman–Crippen LogP) is 2.63. The van der Waals surface area contributed by atoms with Crippen LogP contribution < -0.4 is 20.3 Å². The Bertz CT molecular complexity index is 916. The van der Waals surface area contributed by atoms with E-state index in [1.807, 2.05) is 31.2 Å². The number of nitrogens with one attached hydrogen (secondary N) is 2. The fourth-order valence-electron chi connectivity index (χ4n) is 2.84. The zero-order chi connectivity index (χ0) is 20.1. The van der Waals surface area contributed by atoms with E-state index in [9.17, 15) is 14.4 Å². The molecule has 1 aliphatic rings. The highest BCUT2D eigenvalue weighted by molar-refractivity contribution is 9.10. The van der Waals surface area contributed by atoms with Crippen LogP contribution in [-0.2, 0) is 14.4 Å². The fraction of sp³-hybridized carbons (Fsp3) is 0.250. The number of hydrogen-bond acceptors (Lipinski definition) is 4. The molecule has 2 aromatic rings. The van der Waals surface area contributed by atoms with Crippen molar-refractivity contribution in [3.05, 3.63) is 52.5 Å². The summed E-state index contributed by atoms with van der Waals surface area (Å²) in [6.45, 7) is 1.92. The third-order valence-electron chi connectivity index (χ3n) is 4.28. The van der Waals surface area contributed by atoms with Gasteiger partial charge in [0.25, 0.3) is 5.91 Å². The number of anilines is 2. The van der Waals surface area contributed by atoms with Crippen molar-refractivity contribution >= 4 is 45.0 Å². The zero-order valence-corrected chi connectivity index (χ0v) is 16.9. The number of rotatable bonds is 6. The van der Waals surface area contributed by atoms with Crippen LogP contribution >= 0.6 is 15.9 Å². The standard InChI is InChI=1S/C20H20BrN3O4/c1-13-10-14(21)6-7-15(13)23-19(26)11-22-18(25)8-9-24-16-4-2-3-5-17(16)28-12-20(24)27/h2-7,10H,8-9,11-12H2,1H3,(H,22,25)(H,23,26). The number of halogens is 1. The summed E-state index contributed by atoms with van der Waals surface area (Å²) in [5.74, 6) is -0.201. The minimum atomic E-state index is -0.313. The molecule has 0 unspecified atom stereocenters. The monoisotopic (exact) mass is 445 g/mol. The van der Waals surface area contributed by atoms with Gasteiger partial charge in [0, 0.05) is 23.1 Å². The first-order valence-electron chi connectivity index (χ1n) is 8.79. The van der Waals surface area contributed by atoms with Crippen LogP contribution in [0.25, 0.3) is 0 Å². The van der Waals surface area contributed by atoms with E-state index in [0.717, 1.165) is 10.0 Å². The molecule has 1 heterocycles. The van der Waals surface area contributed by atoms with E-state index in [0.29, 0.717) is 17.1 Å². The second kappa shape index (κ2) is 8.88. The number of aryl methyl sites for hydroxylation is 1. The third kappa shape index (κ3) is 4.89.